The summed E-state index contributed by atoms with van der Waals surface area (Å²) in [7, 11) is 0. The van der Waals surface area contributed by atoms with Gasteiger partial charge in [-0.05, 0) is 66.7 Å². The number of imide groups is 1. The number of benzene rings is 3. The van der Waals surface area contributed by atoms with Crippen molar-refractivity contribution in [3.05, 3.63) is 99.0 Å². The van der Waals surface area contributed by atoms with Crippen LogP contribution in [-0.4, -0.2) is 30.2 Å². The Hall–Kier alpha value is -3.48. The molecule has 31 heavy (non-hydrogen) atoms. The van der Waals surface area contributed by atoms with E-state index in [1.807, 2.05) is 0 Å². The second-order valence-corrected chi connectivity index (χ2v) is 7.56. The summed E-state index contributed by atoms with van der Waals surface area (Å²) in [6, 6.07) is 16.5. The molecule has 3 aromatic rings. The maximum atomic E-state index is 12.8. The van der Waals surface area contributed by atoms with Gasteiger partial charge in [0.2, 0.25) is 0 Å². The third-order valence-electron chi connectivity index (χ3n) is 4.71. The van der Waals surface area contributed by atoms with Crippen molar-refractivity contribution in [3.8, 4) is 0 Å². The molecule has 3 aromatic carbocycles. The summed E-state index contributed by atoms with van der Waals surface area (Å²) in [5.74, 6) is -2.24. The molecular weight excluding hydrogens is 441 g/mol. The smallest absolute Gasteiger partial charge is 0.338 e. The second kappa shape index (κ2) is 8.34. The zero-order valence-corrected chi connectivity index (χ0v) is 17.3. The molecule has 0 fully saturated rings. The number of rotatable bonds is 5. The van der Waals surface area contributed by atoms with E-state index in [0.29, 0.717) is 21.3 Å². The first-order valence-electron chi connectivity index (χ1n) is 9.09. The van der Waals surface area contributed by atoms with E-state index in [1.54, 1.807) is 36.4 Å². The lowest BCUT2D eigenvalue weighted by molar-refractivity contribution is 0.0474. The van der Waals surface area contributed by atoms with E-state index in [2.05, 4.69) is 0 Å². The number of hydrogen-bond donors (Lipinski definition) is 0. The van der Waals surface area contributed by atoms with Crippen LogP contribution in [0.4, 0.5) is 5.69 Å². The molecule has 0 unspecified atom stereocenters. The summed E-state index contributed by atoms with van der Waals surface area (Å²) in [4.78, 5) is 51.0. The Morgan fingerprint density at radius 3 is 1.94 bits per heavy atom. The van der Waals surface area contributed by atoms with Gasteiger partial charge >= 0.3 is 5.97 Å². The number of amides is 2. The van der Waals surface area contributed by atoms with Crippen molar-refractivity contribution < 1.29 is 23.9 Å². The van der Waals surface area contributed by atoms with E-state index in [4.69, 9.17) is 27.9 Å². The van der Waals surface area contributed by atoms with Crippen LogP contribution >= 0.6 is 23.2 Å². The largest absolute Gasteiger partial charge is 0.454 e. The Kier molecular flexibility index (Phi) is 5.59. The van der Waals surface area contributed by atoms with Crippen molar-refractivity contribution in [1.29, 1.82) is 0 Å². The van der Waals surface area contributed by atoms with Crippen molar-refractivity contribution in [2.75, 3.05) is 11.5 Å². The van der Waals surface area contributed by atoms with E-state index in [-0.39, 0.29) is 16.7 Å². The van der Waals surface area contributed by atoms with Crippen LogP contribution in [0.1, 0.15) is 41.4 Å². The molecule has 6 nitrogen and oxygen atoms in total. The molecule has 0 spiro atoms. The molecule has 0 aliphatic carbocycles. The van der Waals surface area contributed by atoms with Crippen LogP contribution in [0.3, 0.4) is 0 Å². The minimum absolute atomic E-state index is 0.0572. The molecule has 4 rings (SSSR count). The van der Waals surface area contributed by atoms with Crippen LogP contribution in [0, 0.1) is 0 Å². The lowest BCUT2D eigenvalue weighted by atomic mass is 10.1. The van der Waals surface area contributed by atoms with Gasteiger partial charge in [-0.25, -0.2) is 9.69 Å². The maximum Gasteiger partial charge on any atom is 0.338 e. The Balaban J connectivity index is 1.50. The fourth-order valence-electron chi connectivity index (χ4n) is 3.13. The van der Waals surface area contributed by atoms with E-state index < -0.39 is 30.2 Å². The van der Waals surface area contributed by atoms with Crippen molar-refractivity contribution in [2.24, 2.45) is 0 Å². The number of ether oxygens (including phenoxy) is 1. The molecule has 1 heterocycles. The molecule has 8 heteroatoms. The minimum atomic E-state index is -0.782. The molecule has 1 aliphatic rings. The Morgan fingerprint density at radius 1 is 0.742 bits per heavy atom. The Morgan fingerprint density at radius 2 is 1.29 bits per heavy atom. The second-order valence-electron chi connectivity index (χ2n) is 6.69. The van der Waals surface area contributed by atoms with Gasteiger partial charge in [0.1, 0.15) is 0 Å². The van der Waals surface area contributed by atoms with Gasteiger partial charge in [0.05, 0.1) is 22.4 Å². The van der Waals surface area contributed by atoms with Crippen LogP contribution in [-0.2, 0) is 4.74 Å². The number of carbonyl (C=O) groups excluding carboxylic acids is 4. The topological polar surface area (TPSA) is 80.8 Å². The Bertz CT molecular complexity index is 1220. The summed E-state index contributed by atoms with van der Waals surface area (Å²) in [5.41, 5.74) is 1.03. The van der Waals surface area contributed by atoms with Gasteiger partial charge in [-0.1, -0.05) is 23.2 Å². The summed E-state index contributed by atoms with van der Waals surface area (Å²) in [6.07, 6.45) is 0. The first-order valence-corrected chi connectivity index (χ1v) is 9.85. The highest BCUT2D eigenvalue weighted by Crippen LogP contribution is 2.30. The van der Waals surface area contributed by atoms with Crippen LogP contribution < -0.4 is 4.90 Å². The van der Waals surface area contributed by atoms with Gasteiger partial charge in [0.25, 0.3) is 11.8 Å². The number of carbonyl (C=O) groups is 4. The van der Waals surface area contributed by atoms with Crippen molar-refractivity contribution in [1.82, 2.24) is 0 Å². The molecule has 1 aliphatic heterocycles. The van der Waals surface area contributed by atoms with E-state index in [9.17, 15) is 19.2 Å². The number of halogens is 2. The summed E-state index contributed by atoms with van der Waals surface area (Å²) in [6.45, 7) is -0.471. The van der Waals surface area contributed by atoms with Gasteiger partial charge in [-0.3, -0.25) is 14.4 Å². The lowest BCUT2D eigenvalue weighted by Crippen LogP contribution is -2.29. The molecule has 0 N–H and O–H groups in total. The molecule has 2 amide bonds. The summed E-state index contributed by atoms with van der Waals surface area (Å²) in [5, 5.41) is 0.956. The van der Waals surface area contributed by atoms with E-state index in [1.165, 1.54) is 30.3 Å². The summed E-state index contributed by atoms with van der Waals surface area (Å²) >= 11 is 11.7. The van der Waals surface area contributed by atoms with E-state index in [0.717, 1.165) is 4.90 Å². The van der Waals surface area contributed by atoms with Gasteiger partial charge in [0.15, 0.2) is 12.4 Å². The lowest BCUT2D eigenvalue weighted by Gasteiger charge is -2.13. The minimum Gasteiger partial charge on any atom is -0.454 e. The number of fused-ring (bicyclic) bond motifs is 1. The fourth-order valence-corrected chi connectivity index (χ4v) is 3.38. The first kappa shape index (κ1) is 20.8. The van der Waals surface area contributed by atoms with Gasteiger partial charge in [-0.15, -0.1) is 0 Å². The normalized spacial score (nSPS) is 12.6. The molecule has 0 saturated carbocycles. The average molecular weight is 454 g/mol. The highest BCUT2D eigenvalue weighted by Gasteiger charge is 2.37. The highest BCUT2D eigenvalue weighted by molar-refractivity contribution is 6.35. The molecule has 0 atom stereocenters. The number of anilines is 1. The third-order valence-corrected chi connectivity index (χ3v) is 5.21. The Labute approximate surface area is 186 Å². The van der Waals surface area contributed by atoms with Gasteiger partial charge in [-0.2, -0.15) is 0 Å². The van der Waals surface area contributed by atoms with Crippen LogP contribution in [0.2, 0.25) is 10.0 Å². The van der Waals surface area contributed by atoms with Gasteiger partial charge in [0, 0.05) is 15.6 Å². The molecule has 0 saturated heterocycles. The van der Waals surface area contributed by atoms with Crippen molar-refractivity contribution in [2.45, 2.75) is 0 Å². The van der Waals surface area contributed by atoms with Crippen molar-refractivity contribution in [3.63, 3.8) is 0 Å². The molecule has 154 valence electrons. The monoisotopic (exact) mass is 453 g/mol. The molecule has 0 aromatic heterocycles. The predicted molar refractivity (Wildman–Crippen MR) is 115 cm³/mol. The SMILES string of the molecule is O=C(COC(=O)c1ccc2c(c1)C(=O)N(c1ccc(Cl)cc1)C2=O)c1ccc(Cl)cc1. The molecule has 0 radical (unpaired) electrons. The van der Waals surface area contributed by atoms with Gasteiger partial charge < -0.3 is 4.74 Å². The quantitative estimate of drug-likeness (QED) is 0.313. The summed E-state index contributed by atoms with van der Waals surface area (Å²) < 4.78 is 5.08. The highest BCUT2D eigenvalue weighted by atomic mass is 35.5. The number of nitrogens with zero attached hydrogens (tertiary/aromatic N) is 1. The average Bonchev–Trinajstić information content (AvgIpc) is 3.02. The van der Waals surface area contributed by atoms with Crippen LogP contribution in [0.5, 0.6) is 0 Å². The van der Waals surface area contributed by atoms with Crippen LogP contribution in [0.25, 0.3) is 0 Å². The number of hydrogen-bond acceptors (Lipinski definition) is 5. The zero-order chi connectivity index (χ0) is 22.1. The molecular formula is C23H13Cl2NO5. The molecule has 0 bridgehead atoms. The number of ketones is 1. The fraction of sp³-hybridized carbons (Fsp3) is 0.0435. The van der Waals surface area contributed by atoms with Crippen LogP contribution in [0.15, 0.2) is 66.7 Å². The first-order chi connectivity index (χ1) is 14.8. The standard InChI is InChI=1S/C23H13Cl2NO5/c24-15-4-1-13(2-5-15)20(27)12-31-23(30)14-3-10-18-19(11-14)22(29)26(21(18)28)17-8-6-16(25)7-9-17/h1-11H,12H2. The maximum absolute atomic E-state index is 12.8. The number of esters is 1. The number of Topliss-reactive ketones (excluding diaryl/α,β-unsaturated/α-hetero) is 1. The van der Waals surface area contributed by atoms with Crippen molar-refractivity contribution >= 4 is 52.5 Å². The predicted octanol–water partition coefficient (Wildman–Crippen LogP) is 4.83. The third kappa shape index (κ3) is 4.08. The zero-order valence-electron chi connectivity index (χ0n) is 15.8. The van der Waals surface area contributed by atoms with E-state index >= 15 is 0 Å².